The van der Waals surface area contributed by atoms with Gasteiger partial charge in [0.15, 0.2) is 5.65 Å². The summed E-state index contributed by atoms with van der Waals surface area (Å²) in [6.45, 7) is 7.01. The molecule has 0 saturated carbocycles. The summed E-state index contributed by atoms with van der Waals surface area (Å²) in [5.41, 5.74) is 1.52. The molecule has 3 heterocycles. The number of methoxy groups -OCH3 is 1. The molecule has 1 fully saturated rings. The van der Waals surface area contributed by atoms with E-state index in [0.717, 1.165) is 0 Å². The lowest BCUT2D eigenvalue weighted by atomic mass is 10.0. The van der Waals surface area contributed by atoms with Crippen LogP contribution in [0.3, 0.4) is 0 Å². The molecule has 2 aromatic rings. The number of hydrogen-bond acceptors (Lipinski definition) is 6. The Labute approximate surface area is 157 Å². The minimum atomic E-state index is -0.193. The Kier molecular flexibility index (Phi) is 5.70. The van der Waals surface area contributed by atoms with Crippen LogP contribution in [0.4, 0.5) is 5.82 Å². The van der Waals surface area contributed by atoms with Crippen molar-refractivity contribution in [1.82, 2.24) is 25.2 Å². The van der Waals surface area contributed by atoms with E-state index in [4.69, 9.17) is 4.74 Å². The van der Waals surface area contributed by atoms with Gasteiger partial charge in [0.05, 0.1) is 23.9 Å². The van der Waals surface area contributed by atoms with Crippen molar-refractivity contribution in [2.24, 2.45) is 0 Å². The highest BCUT2D eigenvalue weighted by Gasteiger charge is 2.31. The number of rotatable bonds is 6. The predicted molar refractivity (Wildman–Crippen MR) is 101 cm³/mol. The maximum absolute atomic E-state index is 12.2. The number of H-pyrrole nitrogens is 1. The fourth-order valence-electron chi connectivity index (χ4n) is 3.23. The summed E-state index contributed by atoms with van der Waals surface area (Å²) in [4.78, 5) is 37.6. The normalized spacial score (nSPS) is 19.7. The summed E-state index contributed by atoms with van der Waals surface area (Å²) >= 11 is 0. The number of carbonyl (C=O) groups excluding carboxylic acids is 2. The highest BCUT2D eigenvalue weighted by Crippen LogP contribution is 2.21. The molecule has 9 heteroatoms. The van der Waals surface area contributed by atoms with E-state index in [0.29, 0.717) is 48.6 Å². The average molecular weight is 372 g/mol. The van der Waals surface area contributed by atoms with E-state index in [1.807, 2.05) is 6.92 Å². The number of piperidine rings is 1. The first-order chi connectivity index (χ1) is 13.1. The number of carbonyl (C=O) groups is 2. The quantitative estimate of drug-likeness (QED) is 0.650. The topological polar surface area (TPSA) is 112 Å². The van der Waals surface area contributed by atoms with Crippen molar-refractivity contribution in [2.45, 2.75) is 25.5 Å². The number of hydrogen-bond donors (Lipinski definition) is 3. The second-order valence-corrected chi connectivity index (χ2v) is 6.32. The zero-order chi connectivity index (χ0) is 19.4. The van der Waals surface area contributed by atoms with Crippen molar-refractivity contribution in [3.8, 4) is 0 Å². The van der Waals surface area contributed by atoms with E-state index >= 15 is 0 Å². The van der Waals surface area contributed by atoms with Crippen molar-refractivity contribution in [1.29, 1.82) is 0 Å². The Morgan fingerprint density at radius 1 is 1.52 bits per heavy atom. The van der Waals surface area contributed by atoms with Crippen LogP contribution in [-0.2, 0) is 9.53 Å². The molecule has 0 bridgehead atoms. The summed E-state index contributed by atoms with van der Waals surface area (Å²) in [7, 11) is 1.62. The molecule has 9 nitrogen and oxygen atoms in total. The number of nitrogens with zero attached hydrogens (tertiary/aromatic N) is 3. The number of amides is 2. The molecule has 0 radical (unpaired) electrons. The molecule has 3 N–H and O–H groups in total. The van der Waals surface area contributed by atoms with Crippen LogP contribution in [-0.4, -0.2) is 70.6 Å². The van der Waals surface area contributed by atoms with Gasteiger partial charge in [0.25, 0.3) is 5.91 Å². The van der Waals surface area contributed by atoms with Gasteiger partial charge in [-0.3, -0.25) is 9.59 Å². The number of ether oxygens (including phenoxy) is 1. The van der Waals surface area contributed by atoms with Gasteiger partial charge in [-0.25, -0.2) is 9.97 Å². The number of aromatic amines is 1. The Hall–Kier alpha value is -2.94. The van der Waals surface area contributed by atoms with Gasteiger partial charge in [-0.15, -0.1) is 0 Å². The van der Waals surface area contributed by atoms with Gasteiger partial charge in [-0.05, 0) is 19.4 Å². The lowest BCUT2D eigenvalue weighted by Crippen LogP contribution is -2.52. The second-order valence-electron chi connectivity index (χ2n) is 6.32. The van der Waals surface area contributed by atoms with Gasteiger partial charge < -0.3 is 25.3 Å². The summed E-state index contributed by atoms with van der Waals surface area (Å²) in [6, 6.07) is -0.0255. The summed E-state index contributed by atoms with van der Waals surface area (Å²) < 4.78 is 5.56. The van der Waals surface area contributed by atoms with E-state index in [2.05, 4.69) is 32.2 Å². The van der Waals surface area contributed by atoms with Crippen LogP contribution in [0.25, 0.3) is 11.2 Å². The Morgan fingerprint density at radius 3 is 3.04 bits per heavy atom. The van der Waals surface area contributed by atoms with Gasteiger partial charge in [0.1, 0.15) is 11.3 Å². The standard InChI is InChI=1S/C18H24N6O3/c1-4-15(25)24-7-6-12(13(10-24)27-3)22-14-9-21-17-16(23-14)11(8-20-17)18(26)19-5-2/h4,8-9,12-13H,1,5-7,10H2,2-3H3,(H,19,26)(H,20,21)(H,22,23)/t12-,13-/m0/s1. The molecule has 1 aliphatic rings. The van der Waals surface area contributed by atoms with E-state index in [1.165, 1.54) is 6.08 Å². The molecule has 0 aliphatic carbocycles. The molecule has 1 saturated heterocycles. The number of nitrogens with one attached hydrogen (secondary N) is 3. The van der Waals surface area contributed by atoms with Crippen LogP contribution in [0.1, 0.15) is 23.7 Å². The molecule has 144 valence electrons. The Morgan fingerprint density at radius 2 is 2.33 bits per heavy atom. The SMILES string of the molecule is C=CC(=O)N1CC[C@H](Nc2cnc3[nH]cc(C(=O)NCC)c3n2)[C@@H](OC)C1. The highest BCUT2D eigenvalue weighted by molar-refractivity contribution is 6.04. The lowest BCUT2D eigenvalue weighted by Gasteiger charge is -2.37. The number of aromatic nitrogens is 3. The molecule has 2 aromatic heterocycles. The molecule has 0 unspecified atom stereocenters. The average Bonchev–Trinajstić information content (AvgIpc) is 3.11. The fraction of sp³-hybridized carbons (Fsp3) is 0.444. The van der Waals surface area contributed by atoms with Gasteiger partial charge in [-0.2, -0.15) is 0 Å². The summed E-state index contributed by atoms with van der Waals surface area (Å²) in [6.07, 6.45) is 5.06. The van der Waals surface area contributed by atoms with Crippen molar-refractivity contribution < 1.29 is 14.3 Å². The summed E-state index contributed by atoms with van der Waals surface area (Å²) in [5.74, 6) is 0.264. The smallest absolute Gasteiger partial charge is 0.255 e. The van der Waals surface area contributed by atoms with E-state index in [1.54, 1.807) is 24.4 Å². The second kappa shape index (κ2) is 8.17. The minimum Gasteiger partial charge on any atom is -0.377 e. The number of likely N-dealkylation sites (tertiary alicyclic amines) is 1. The fourth-order valence-corrected chi connectivity index (χ4v) is 3.23. The van der Waals surface area contributed by atoms with Crippen LogP contribution >= 0.6 is 0 Å². The van der Waals surface area contributed by atoms with Crippen LogP contribution in [0.2, 0.25) is 0 Å². The lowest BCUT2D eigenvalue weighted by molar-refractivity contribution is -0.129. The van der Waals surface area contributed by atoms with Crippen LogP contribution in [0, 0.1) is 0 Å². The van der Waals surface area contributed by atoms with Crippen molar-refractivity contribution in [3.05, 3.63) is 30.6 Å². The summed E-state index contributed by atoms with van der Waals surface area (Å²) in [5, 5.41) is 6.10. The largest absolute Gasteiger partial charge is 0.377 e. The zero-order valence-corrected chi connectivity index (χ0v) is 15.5. The van der Waals surface area contributed by atoms with Gasteiger partial charge in [0.2, 0.25) is 5.91 Å². The Balaban J connectivity index is 1.77. The third-order valence-electron chi connectivity index (χ3n) is 4.64. The monoisotopic (exact) mass is 372 g/mol. The van der Waals surface area contributed by atoms with Crippen molar-refractivity contribution in [3.63, 3.8) is 0 Å². The van der Waals surface area contributed by atoms with Crippen molar-refractivity contribution >= 4 is 28.8 Å². The molecule has 27 heavy (non-hydrogen) atoms. The predicted octanol–water partition coefficient (Wildman–Crippen LogP) is 0.921. The van der Waals surface area contributed by atoms with Gasteiger partial charge in [0, 0.05) is 32.9 Å². The van der Waals surface area contributed by atoms with Crippen LogP contribution in [0.5, 0.6) is 0 Å². The highest BCUT2D eigenvalue weighted by atomic mass is 16.5. The zero-order valence-electron chi connectivity index (χ0n) is 15.5. The van der Waals surface area contributed by atoms with Crippen molar-refractivity contribution in [2.75, 3.05) is 32.1 Å². The first-order valence-corrected chi connectivity index (χ1v) is 8.90. The molecule has 0 spiro atoms. The Bertz CT molecular complexity index is 849. The third-order valence-corrected chi connectivity index (χ3v) is 4.64. The van der Waals surface area contributed by atoms with E-state index < -0.39 is 0 Å². The van der Waals surface area contributed by atoms with Crippen LogP contribution < -0.4 is 10.6 Å². The maximum atomic E-state index is 12.2. The third kappa shape index (κ3) is 3.92. The minimum absolute atomic E-state index is 0.0255. The molecule has 3 rings (SSSR count). The van der Waals surface area contributed by atoms with Crippen LogP contribution in [0.15, 0.2) is 25.0 Å². The first-order valence-electron chi connectivity index (χ1n) is 8.90. The van der Waals surface area contributed by atoms with E-state index in [9.17, 15) is 9.59 Å². The first kappa shape index (κ1) is 18.8. The van der Waals surface area contributed by atoms with E-state index in [-0.39, 0.29) is 24.0 Å². The molecule has 1 aliphatic heterocycles. The molecule has 2 amide bonds. The molecule has 0 aromatic carbocycles. The van der Waals surface area contributed by atoms with Gasteiger partial charge in [-0.1, -0.05) is 6.58 Å². The molecule has 2 atom stereocenters. The maximum Gasteiger partial charge on any atom is 0.255 e. The molecular weight excluding hydrogens is 348 g/mol. The number of fused-ring (bicyclic) bond motifs is 1. The molecular formula is C18H24N6O3. The number of anilines is 1. The van der Waals surface area contributed by atoms with Gasteiger partial charge >= 0.3 is 0 Å².